The van der Waals surface area contributed by atoms with Gasteiger partial charge in [-0.2, -0.15) is 0 Å². The lowest BCUT2D eigenvalue weighted by Gasteiger charge is -1.93. The van der Waals surface area contributed by atoms with Crippen molar-refractivity contribution in [3.63, 3.8) is 0 Å². The summed E-state index contributed by atoms with van der Waals surface area (Å²) in [6, 6.07) is 1.92. The predicted molar refractivity (Wildman–Crippen MR) is 63.8 cm³/mol. The largest absolute Gasteiger partial charge is 0.293 e. The summed E-state index contributed by atoms with van der Waals surface area (Å²) in [5, 5.41) is 0. The lowest BCUT2D eigenvalue weighted by Crippen LogP contribution is -1.94. The molecule has 0 aliphatic rings. The van der Waals surface area contributed by atoms with E-state index in [0.717, 1.165) is 20.6 Å². The number of thiophene rings is 1. The number of carbonyl (C=O) groups excluding carboxylic acids is 1. The molecule has 14 heavy (non-hydrogen) atoms. The van der Waals surface area contributed by atoms with Crippen LogP contribution < -0.4 is 0 Å². The number of rotatable bonds is 4. The van der Waals surface area contributed by atoms with Gasteiger partial charge in [0.2, 0.25) is 0 Å². The van der Waals surface area contributed by atoms with Crippen molar-refractivity contribution < 1.29 is 4.79 Å². The number of terminal acetylenes is 1. The second kappa shape index (κ2) is 5.33. The molecule has 0 aliphatic carbocycles. The third kappa shape index (κ3) is 2.97. The van der Waals surface area contributed by atoms with E-state index < -0.39 is 0 Å². The molecule has 3 heteroatoms. The molecule has 0 saturated carbocycles. The average Bonchev–Trinajstić information content (AvgIpc) is 2.47. The standard InChI is InChI=1S/C11H11BrOS/c1-3-4-5-6-9(13)10-7-8(2)11(12)14-10/h1,7H,4-6H2,2H3. The Morgan fingerprint density at radius 1 is 1.71 bits per heavy atom. The second-order valence-electron chi connectivity index (χ2n) is 3.05. The van der Waals surface area contributed by atoms with Crippen molar-refractivity contribution in [1.29, 1.82) is 0 Å². The molecule has 0 N–H and O–H groups in total. The van der Waals surface area contributed by atoms with Gasteiger partial charge in [0, 0.05) is 12.8 Å². The van der Waals surface area contributed by atoms with E-state index in [9.17, 15) is 4.79 Å². The Morgan fingerprint density at radius 3 is 2.93 bits per heavy atom. The van der Waals surface area contributed by atoms with Crippen LogP contribution in [0.25, 0.3) is 0 Å². The normalized spacial score (nSPS) is 9.79. The molecule has 0 unspecified atom stereocenters. The summed E-state index contributed by atoms with van der Waals surface area (Å²) in [5.41, 5.74) is 1.12. The molecule has 0 spiro atoms. The monoisotopic (exact) mass is 270 g/mol. The van der Waals surface area contributed by atoms with Crippen molar-refractivity contribution in [2.45, 2.75) is 26.2 Å². The van der Waals surface area contributed by atoms with Crippen molar-refractivity contribution in [2.75, 3.05) is 0 Å². The number of hydrogen-bond acceptors (Lipinski definition) is 2. The van der Waals surface area contributed by atoms with Crippen molar-refractivity contribution >= 4 is 33.0 Å². The Bertz CT molecular complexity index is 354. The second-order valence-corrected chi connectivity index (χ2v) is 5.42. The Labute approximate surface area is 96.7 Å². The lowest BCUT2D eigenvalue weighted by atomic mass is 10.1. The van der Waals surface area contributed by atoms with Crippen molar-refractivity contribution in [3.05, 3.63) is 20.3 Å². The summed E-state index contributed by atoms with van der Waals surface area (Å²) < 4.78 is 1.04. The Balaban J connectivity index is 2.57. The minimum Gasteiger partial charge on any atom is -0.293 e. The molecule has 1 rings (SSSR count). The summed E-state index contributed by atoms with van der Waals surface area (Å²) in [7, 11) is 0. The SMILES string of the molecule is C#CCCCC(=O)c1cc(C)c(Br)s1. The number of halogens is 1. The summed E-state index contributed by atoms with van der Waals surface area (Å²) in [5.74, 6) is 2.73. The maximum atomic E-state index is 11.6. The number of carbonyl (C=O) groups is 1. The van der Waals surface area contributed by atoms with Gasteiger partial charge in [-0.15, -0.1) is 23.7 Å². The predicted octanol–water partition coefficient (Wildman–Crippen LogP) is 3.81. The zero-order valence-electron chi connectivity index (χ0n) is 7.97. The van der Waals surface area contributed by atoms with Gasteiger partial charge in [0.05, 0.1) is 8.66 Å². The van der Waals surface area contributed by atoms with Gasteiger partial charge in [0.15, 0.2) is 5.78 Å². The van der Waals surface area contributed by atoms with Gasteiger partial charge in [-0.05, 0) is 40.9 Å². The number of Topliss-reactive ketones (excluding diaryl/α,β-unsaturated/α-hetero) is 1. The van der Waals surface area contributed by atoms with Crippen LogP contribution in [0.4, 0.5) is 0 Å². The van der Waals surface area contributed by atoms with E-state index >= 15 is 0 Å². The van der Waals surface area contributed by atoms with Crippen LogP contribution in [0.2, 0.25) is 0 Å². The van der Waals surface area contributed by atoms with E-state index in [-0.39, 0.29) is 5.78 Å². The zero-order chi connectivity index (χ0) is 10.6. The molecule has 0 amide bonds. The average molecular weight is 271 g/mol. The fraction of sp³-hybridized carbons (Fsp3) is 0.364. The van der Waals surface area contributed by atoms with E-state index in [0.29, 0.717) is 12.8 Å². The van der Waals surface area contributed by atoms with Crippen LogP contribution in [0.5, 0.6) is 0 Å². The van der Waals surface area contributed by atoms with Gasteiger partial charge in [0.1, 0.15) is 0 Å². The van der Waals surface area contributed by atoms with Gasteiger partial charge in [0.25, 0.3) is 0 Å². The fourth-order valence-corrected chi connectivity index (χ4v) is 2.57. The highest BCUT2D eigenvalue weighted by Gasteiger charge is 2.10. The van der Waals surface area contributed by atoms with E-state index in [1.807, 2.05) is 13.0 Å². The van der Waals surface area contributed by atoms with Gasteiger partial charge >= 0.3 is 0 Å². The van der Waals surface area contributed by atoms with Crippen molar-refractivity contribution in [1.82, 2.24) is 0 Å². The minimum atomic E-state index is 0.194. The molecule has 0 radical (unpaired) electrons. The van der Waals surface area contributed by atoms with E-state index in [1.54, 1.807) is 0 Å². The number of unbranched alkanes of at least 4 members (excludes halogenated alkanes) is 1. The molecule has 0 saturated heterocycles. The molecule has 0 atom stereocenters. The first-order valence-electron chi connectivity index (χ1n) is 4.37. The maximum absolute atomic E-state index is 11.6. The highest BCUT2D eigenvalue weighted by atomic mass is 79.9. The molecule has 0 bridgehead atoms. The molecule has 0 fully saturated rings. The molecule has 0 aliphatic heterocycles. The van der Waals surface area contributed by atoms with Crippen LogP contribution in [-0.2, 0) is 0 Å². The molecule has 0 aromatic carbocycles. The Kier molecular flexibility index (Phi) is 4.37. The highest BCUT2D eigenvalue weighted by Crippen LogP contribution is 2.28. The first-order valence-corrected chi connectivity index (χ1v) is 5.98. The lowest BCUT2D eigenvalue weighted by molar-refractivity contribution is 0.0984. The van der Waals surface area contributed by atoms with Crippen LogP contribution >= 0.6 is 27.3 Å². The van der Waals surface area contributed by atoms with E-state index in [1.165, 1.54) is 11.3 Å². The molecule has 1 aromatic heterocycles. The zero-order valence-corrected chi connectivity index (χ0v) is 10.4. The summed E-state index contributed by atoms with van der Waals surface area (Å²) in [4.78, 5) is 12.4. The first-order chi connectivity index (χ1) is 6.65. The van der Waals surface area contributed by atoms with Crippen LogP contribution in [-0.4, -0.2) is 5.78 Å². The minimum absolute atomic E-state index is 0.194. The molecule has 1 heterocycles. The summed E-state index contributed by atoms with van der Waals surface area (Å²) in [6.07, 6.45) is 7.13. The van der Waals surface area contributed by atoms with Crippen LogP contribution in [0, 0.1) is 19.3 Å². The Morgan fingerprint density at radius 2 is 2.43 bits per heavy atom. The topological polar surface area (TPSA) is 17.1 Å². The molecule has 1 nitrogen and oxygen atoms in total. The molecular formula is C11H11BrOS. The molecule has 74 valence electrons. The number of aryl methyl sites for hydroxylation is 1. The van der Waals surface area contributed by atoms with Gasteiger partial charge in [-0.3, -0.25) is 4.79 Å². The van der Waals surface area contributed by atoms with Crippen molar-refractivity contribution in [3.8, 4) is 12.3 Å². The smallest absolute Gasteiger partial charge is 0.172 e. The Hall–Kier alpha value is -0.590. The highest BCUT2D eigenvalue weighted by molar-refractivity contribution is 9.11. The fourth-order valence-electron chi connectivity index (χ4n) is 1.07. The van der Waals surface area contributed by atoms with Gasteiger partial charge in [-0.1, -0.05) is 0 Å². The summed E-state index contributed by atoms with van der Waals surface area (Å²) >= 11 is 4.90. The van der Waals surface area contributed by atoms with Crippen LogP contribution in [0.1, 0.15) is 34.5 Å². The van der Waals surface area contributed by atoms with E-state index in [4.69, 9.17) is 6.42 Å². The van der Waals surface area contributed by atoms with Gasteiger partial charge < -0.3 is 0 Å². The number of ketones is 1. The maximum Gasteiger partial charge on any atom is 0.172 e. The number of hydrogen-bond donors (Lipinski definition) is 0. The quantitative estimate of drug-likeness (QED) is 0.462. The van der Waals surface area contributed by atoms with Crippen LogP contribution in [0.3, 0.4) is 0 Å². The van der Waals surface area contributed by atoms with E-state index in [2.05, 4.69) is 21.9 Å². The van der Waals surface area contributed by atoms with Crippen molar-refractivity contribution in [2.24, 2.45) is 0 Å². The van der Waals surface area contributed by atoms with Crippen LogP contribution in [0.15, 0.2) is 9.85 Å². The molecular weight excluding hydrogens is 260 g/mol. The third-order valence-corrected chi connectivity index (χ3v) is 4.03. The third-order valence-electron chi connectivity index (χ3n) is 1.86. The molecule has 1 aromatic rings. The summed E-state index contributed by atoms with van der Waals surface area (Å²) in [6.45, 7) is 1.98. The first kappa shape index (κ1) is 11.5. The van der Waals surface area contributed by atoms with Gasteiger partial charge in [-0.25, -0.2) is 0 Å².